The van der Waals surface area contributed by atoms with Crippen LogP contribution in [0.4, 0.5) is 0 Å². The maximum absolute atomic E-state index is 12.3. The van der Waals surface area contributed by atoms with E-state index in [1.165, 1.54) is 16.7 Å². The number of aromatic amines is 2. The number of ketones is 1. The summed E-state index contributed by atoms with van der Waals surface area (Å²) in [6, 6.07) is 18.6. The lowest BCUT2D eigenvalue weighted by molar-refractivity contribution is 0.0947. The molecule has 4 aromatic rings. The number of aromatic nitrogens is 4. The van der Waals surface area contributed by atoms with Gasteiger partial charge in [0.25, 0.3) is 0 Å². The minimum absolute atomic E-state index is 0.00287. The summed E-state index contributed by atoms with van der Waals surface area (Å²) >= 11 is 0. The Morgan fingerprint density at radius 2 is 1.90 bits per heavy atom. The molecule has 30 heavy (non-hydrogen) atoms. The first-order chi connectivity index (χ1) is 14.7. The predicted molar refractivity (Wildman–Crippen MR) is 117 cm³/mol. The lowest BCUT2D eigenvalue weighted by Gasteiger charge is -2.21. The van der Waals surface area contributed by atoms with Crippen molar-refractivity contribution in [1.29, 1.82) is 0 Å². The van der Waals surface area contributed by atoms with Gasteiger partial charge < -0.3 is 9.88 Å². The number of nitrogens with one attached hydrogen (secondary N) is 2. The van der Waals surface area contributed by atoms with E-state index >= 15 is 0 Å². The van der Waals surface area contributed by atoms with Gasteiger partial charge in [-0.25, -0.2) is 4.98 Å². The minimum Gasteiger partial charge on any atom is -0.364 e. The maximum atomic E-state index is 12.3. The van der Waals surface area contributed by atoms with Gasteiger partial charge in [-0.05, 0) is 30.2 Å². The van der Waals surface area contributed by atoms with E-state index < -0.39 is 0 Å². The first-order valence-electron chi connectivity index (χ1n) is 9.87. The van der Waals surface area contributed by atoms with E-state index in [0.29, 0.717) is 12.2 Å². The number of hydrogen-bond acceptors (Lipinski definition) is 4. The Hall–Kier alpha value is -3.93. The zero-order valence-corrected chi connectivity index (χ0v) is 16.6. The van der Waals surface area contributed by atoms with Crippen molar-refractivity contribution in [1.82, 2.24) is 25.1 Å². The molecule has 2 aromatic heterocycles. The van der Waals surface area contributed by atoms with Crippen LogP contribution in [-0.4, -0.2) is 37.4 Å². The second-order valence-corrected chi connectivity index (χ2v) is 7.51. The fourth-order valence-electron chi connectivity index (χ4n) is 3.68. The SMILES string of the molecule is Cc1cccc(-c2ccc(-c3nc4c([nH]3)C=CN(CC(=O)c3ccn[nH]3)C4)cc2)c1. The molecule has 148 valence electrons. The van der Waals surface area contributed by atoms with E-state index in [-0.39, 0.29) is 12.3 Å². The number of aryl methyl sites for hydroxylation is 1. The van der Waals surface area contributed by atoms with Crippen molar-refractivity contribution < 1.29 is 4.79 Å². The van der Waals surface area contributed by atoms with Gasteiger partial charge in [-0.15, -0.1) is 0 Å². The van der Waals surface area contributed by atoms with Crippen LogP contribution in [0.2, 0.25) is 0 Å². The normalized spacial score (nSPS) is 12.8. The molecule has 6 nitrogen and oxygen atoms in total. The fraction of sp³-hybridized carbons (Fsp3) is 0.125. The van der Waals surface area contributed by atoms with Crippen molar-refractivity contribution >= 4 is 11.9 Å². The van der Waals surface area contributed by atoms with E-state index in [4.69, 9.17) is 4.98 Å². The van der Waals surface area contributed by atoms with Crippen molar-refractivity contribution in [3.8, 4) is 22.5 Å². The monoisotopic (exact) mass is 395 g/mol. The van der Waals surface area contributed by atoms with Crippen LogP contribution in [0.5, 0.6) is 0 Å². The molecular weight excluding hydrogens is 374 g/mol. The smallest absolute Gasteiger partial charge is 0.199 e. The van der Waals surface area contributed by atoms with Crippen molar-refractivity contribution in [2.24, 2.45) is 0 Å². The summed E-state index contributed by atoms with van der Waals surface area (Å²) in [6.07, 6.45) is 5.48. The fourth-order valence-corrected chi connectivity index (χ4v) is 3.68. The Bertz CT molecular complexity index is 1220. The molecule has 0 bridgehead atoms. The molecule has 3 heterocycles. The van der Waals surface area contributed by atoms with Crippen LogP contribution in [0.25, 0.3) is 28.6 Å². The standard InChI is InChI=1S/C24H21N5O/c1-16-3-2-4-19(13-16)17-5-7-18(8-6-17)24-26-20-10-12-29(14-22(20)27-24)15-23(30)21-9-11-25-28-21/h2-13H,14-15H2,1H3,(H,25,28)(H,26,27). The summed E-state index contributed by atoms with van der Waals surface area (Å²) in [7, 11) is 0. The Labute approximate surface area is 174 Å². The van der Waals surface area contributed by atoms with Gasteiger partial charge in [-0.1, -0.05) is 54.1 Å². The summed E-state index contributed by atoms with van der Waals surface area (Å²) in [5, 5.41) is 6.56. The summed E-state index contributed by atoms with van der Waals surface area (Å²) < 4.78 is 0. The Balaban J connectivity index is 1.32. The highest BCUT2D eigenvalue weighted by Crippen LogP contribution is 2.26. The molecule has 0 unspecified atom stereocenters. The third kappa shape index (κ3) is 3.55. The molecule has 0 saturated carbocycles. The molecule has 0 spiro atoms. The van der Waals surface area contributed by atoms with Crippen LogP contribution in [0.15, 0.2) is 67.0 Å². The molecule has 1 aliphatic heterocycles. The van der Waals surface area contributed by atoms with Crippen LogP contribution in [0.3, 0.4) is 0 Å². The van der Waals surface area contributed by atoms with Gasteiger partial charge in [-0.3, -0.25) is 9.89 Å². The highest BCUT2D eigenvalue weighted by atomic mass is 16.1. The van der Waals surface area contributed by atoms with E-state index in [1.54, 1.807) is 12.3 Å². The molecule has 1 aliphatic rings. The van der Waals surface area contributed by atoms with Crippen LogP contribution in [0.1, 0.15) is 27.4 Å². The number of carbonyl (C=O) groups is 1. The van der Waals surface area contributed by atoms with Crippen molar-refractivity contribution in [2.45, 2.75) is 13.5 Å². The zero-order chi connectivity index (χ0) is 20.5. The van der Waals surface area contributed by atoms with Crippen LogP contribution >= 0.6 is 0 Å². The number of rotatable bonds is 5. The summed E-state index contributed by atoms with van der Waals surface area (Å²) in [6.45, 7) is 2.97. The summed E-state index contributed by atoms with van der Waals surface area (Å²) in [5.41, 5.74) is 7.12. The maximum Gasteiger partial charge on any atom is 0.199 e. The molecule has 0 aliphatic carbocycles. The van der Waals surface area contributed by atoms with Crippen LogP contribution in [0, 0.1) is 6.92 Å². The number of fused-ring (bicyclic) bond motifs is 1. The molecule has 0 saturated heterocycles. The first kappa shape index (κ1) is 18.1. The van der Waals surface area contributed by atoms with Gasteiger partial charge in [0.15, 0.2) is 5.78 Å². The van der Waals surface area contributed by atoms with Gasteiger partial charge in [0.1, 0.15) is 11.5 Å². The summed E-state index contributed by atoms with van der Waals surface area (Å²) in [4.78, 5) is 22.4. The first-order valence-corrected chi connectivity index (χ1v) is 9.87. The molecule has 6 heteroatoms. The van der Waals surface area contributed by atoms with Crippen LogP contribution in [-0.2, 0) is 6.54 Å². The van der Waals surface area contributed by atoms with Crippen LogP contribution < -0.4 is 0 Å². The Morgan fingerprint density at radius 1 is 1.07 bits per heavy atom. The van der Waals surface area contributed by atoms with E-state index in [1.807, 2.05) is 17.2 Å². The number of Topliss-reactive ketones (excluding diaryl/α,β-unsaturated/α-hetero) is 1. The van der Waals surface area contributed by atoms with Gasteiger partial charge in [0.2, 0.25) is 0 Å². The molecule has 5 rings (SSSR count). The average molecular weight is 395 g/mol. The molecule has 0 atom stereocenters. The number of hydrogen-bond donors (Lipinski definition) is 2. The van der Waals surface area contributed by atoms with E-state index in [0.717, 1.165) is 22.8 Å². The quantitative estimate of drug-likeness (QED) is 0.490. The molecule has 0 radical (unpaired) electrons. The molecule has 2 aromatic carbocycles. The van der Waals surface area contributed by atoms with Crippen molar-refractivity contribution in [3.05, 3.63) is 89.6 Å². The highest BCUT2D eigenvalue weighted by Gasteiger charge is 2.19. The van der Waals surface area contributed by atoms with Crippen molar-refractivity contribution in [3.63, 3.8) is 0 Å². The molecule has 2 N–H and O–H groups in total. The van der Waals surface area contributed by atoms with Crippen molar-refractivity contribution in [2.75, 3.05) is 6.54 Å². The Kier molecular flexibility index (Phi) is 4.52. The highest BCUT2D eigenvalue weighted by molar-refractivity contribution is 5.95. The average Bonchev–Trinajstić information content (AvgIpc) is 3.44. The largest absolute Gasteiger partial charge is 0.364 e. The lowest BCUT2D eigenvalue weighted by Crippen LogP contribution is -2.27. The van der Waals surface area contributed by atoms with E-state index in [9.17, 15) is 4.79 Å². The zero-order valence-electron chi connectivity index (χ0n) is 16.6. The number of carbonyl (C=O) groups excluding carboxylic acids is 1. The van der Waals surface area contributed by atoms with Gasteiger partial charge in [0.05, 0.1) is 24.5 Å². The summed E-state index contributed by atoms with van der Waals surface area (Å²) in [5.74, 6) is 0.838. The van der Waals surface area contributed by atoms with Gasteiger partial charge >= 0.3 is 0 Å². The second kappa shape index (κ2) is 7.48. The number of H-pyrrole nitrogens is 2. The second-order valence-electron chi connectivity index (χ2n) is 7.51. The number of benzene rings is 2. The molecule has 0 amide bonds. The van der Waals surface area contributed by atoms with Gasteiger partial charge in [-0.2, -0.15) is 5.10 Å². The topological polar surface area (TPSA) is 77.7 Å². The Morgan fingerprint density at radius 3 is 2.67 bits per heavy atom. The number of imidazole rings is 1. The third-order valence-electron chi connectivity index (χ3n) is 5.27. The van der Waals surface area contributed by atoms with Gasteiger partial charge in [0, 0.05) is 18.0 Å². The number of nitrogens with zero attached hydrogens (tertiary/aromatic N) is 3. The minimum atomic E-state index is 0.00287. The molecule has 0 fully saturated rings. The lowest BCUT2D eigenvalue weighted by atomic mass is 10.0. The molecular formula is C24H21N5O. The van der Waals surface area contributed by atoms with E-state index in [2.05, 4.69) is 70.6 Å². The third-order valence-corrected chi connectivity index (χ3v) is 5.27. The predicted octanol–water partition coefficient (Wildman–Crippen LogP) is 4.44.